The largest absolute Gasteiger partial charge is 0.383 e. The number of anilines is 2. The van der Waals surface area contributed by atoms with E-state index in [4.69, 9.17) is 11.5 Å². The first-order valence-electron chi connectivity index (χ1n) is 7.66. The highest BCUT2D eigenvalue weighted by Crippen LogP contribution is 2.18. The van der Waals surface area contributed by atoms with Crippen LogP contribution in [0.3, 0.4) is 0 Å². The van der Waals surface area contributed by atoms with Crippen LogP contribution in [0.4, 0.5) is 11.8 Å². The zero-order valence-corrected chi connectivity index (χ0v) is 13.9. The van der Waals surface area contributed by atoms with E-state index >= 15 is 0 Å². The Morgan fingerprint density at radius 2 is 2.25 bits per heavy atom. The number of hydrogen-bond donors (Lipinski definition) is 3. The molecule has 1 aliphatic heterocycles. The zero-order chi connectivity index (χ0) is 17.7. The van der Waals surface area contributed by atoms with Gasteiger partial charge in [-0.2, -0.15) is 4.98 Å². The number of hydrogen-bond acceptors (Lipinski definition) is 7. The number of amides is 2. The number of nitrogen functional groups attached to an aromatic ring is 1. The topological polar surface area (TPSA) is 130 Å². The number of carbonyl (C=O) groups excluding carboxylic acids is 2. The van der Waals surface area contributed by atoms with Crippen molar-refractivity contribution in [2.24, 2.45) is 5.73 Å². The predicted molar refractivity (Wildman–Crippen MR) is 91.4 cm³/mol. The molecule has 0 radical (unpaired) electrons. The summed E-state index contributed by atoms with van der Waals surface area (Å²) in [7, 11) is 3.87. The van der Waals surface area contributed by atoms with E-state index in [9.17, 15) is 9.59 Å². The lowest BCUT2D eigenvalue weighted by molar-refractivity contribution is -0.117. The van der Waals surface area contributed by atoms with Gasteiger partial charge in [-0.3, -0.25) is 9.59 Å². The molecule has 5 N–H and O–H groups in total. The summed E-state index contributed by atoms with van der Waals surface area (Å²) in [6.45, 7) is 1.99. The standard InChI is InChI=1S/C15H23N7O2/c1-21(2)6-3-4-12(23)19-10-5-7-22(9-10)15-18-8-11(14(17)24)13(16)20-15/h3-4,8,10H,5-7,9H2,1-2H3,(H2,17,24)(H,19,23)(H2,16,18,20)/b4-3+/t10-/m1/s1. The molecule has 2 heterocycles. The maximum absolute atomic E-state index is 11.9. The second kappa shape index (κ2) is 7.73. The number of nitrogens with zero attached hydrogens (tertiary/aromatic N) is 4. The highest BCUT2D eigenvalue weighted by Gasteiger charge is 2.25. The summed E-state index contributed by atoms with van der Waals surface area (Å²) in [5.41, 5.74) is 11.0. The van der Waals surface area contributed by atoms with Crippen molar-refractivity contribution in [2.75, 3.05) is 44.4 Å². The van der Waals surface area contributed by atoms with Gasteiger partial charge in [0.1, 0.15) is 5.82 Å². The first kappa shape index (κ1) is 17.7. The highest BCUT2D eigenvalue weighted by atomic mass is 16.1. The number of aromatic nitrogens is 2. The molecule has 1 aliphatic rings. The van der Waals surface area contributed by atoms with E-state index < -0.39 is 5.91 Å². The van der Waals surface area contributed by atoms with Crippen LogP contribution in [0.1, 0.15) is 16.8 Å². The molecule has 1 fully saturated rings. The van der Waals surface area contributed by atoms with Gasteiger partial charge < -0.3 is 26.6 Å². The van der Waals surface area contributed by atoms with Crippen molar-refractivity contribution < 1.29 is 9.59 Å². The zero-order valence-electron chi connectivity index (χ0n) is 13.9. The van der Waals surface area contributed by atoms with Gasteiger partial charge in [-0.1, -0.05) is 6.08 Å². The van der Waals surface area contributed by atoms with Gasteiger partial charge in [-0.15, -0.1) is 0 Å². The number of nitrogens with one attached hydrogen (secondary N) is 1. The Balaban J connectivity index is 1.91. The second-order valence-corrected chi connectivity index (χ2v) is 5.94. The number of primary amides is 1. The summed E-state index contributed by atoms with van der Waals surface area (Å²) in [5.74, 6) is -0.285. The lowest BCUT2D eigenvalue weighted by Gasteiger charge is -2.17. The summed E-state index contributed by atoms with van der Waals surface area (Å²) in [6.07, 6.45) is 5.47. The Hall–Kier alpha value is -2.68. The third-order valence-corrected chi connectivity index (χ3v) is 3.63. The molecule has 0 aliphatic carbocycles. The molecule has 130 valence electrons. The molecule has 0 bridgehead atoms. The molecule has 0 saturated carbocycles. The molecule has 2 amide bonds. The number of carbonyl (C=O) groups is 2. The van der Waals surface area contributed by atoms with E-state index in [2.05, 4.69) is 15.3 Å². The van der Waals surface area contributed by atoms with Crippen LogP contribution < -0.4 is 21.7 Å². The first-order chi connectivity index (χ1) is 11.4. The minimum Gasteiger partial charge on any atom is -0.383 e. The van der Waals surface area contributed by atoms with Crippen LogP contribution >= 0.6 is 0 Å². The Morgan fingerprint density at radius 3 is 2.88 bits per heavy atom. The van der Waals surface area contributed by atoms with Crippen LogP contribution in [-0.4, -0.2) is 66.5 Å². The van der Waals surface area contributed by atoms with Crippen molar-refractivity contribution in [1.82, 2.24) is 20.2 Å². The fourth-order valence-electron chi connectivity index (χ4n) is 2.41. The molecule has 0 aromatic carbocycles. The molecule has 1 atom stereocenters. The summed E-state index contributed by atoms with van der Waals surface area (Å²) in [5, 5.41) is 2.95. The van der Waals surface area contributed by atoms with Crippen molar-refractivity contribution in [3.63, 3.8) is 0 Å². The van der Waals surface area contributed by atoms with Crippen LogP contribution in [0.25, 0.3) is 0 Å². The van der Waals surface area contributed by atoms with Crippen molar-refractivity contribution >= 4 is 23.6 Å². The molecule has 24 heavy (non-hydrogen) atoms. The van der Waals surface area contributed by atoms with Crippen LogP contribution in [0, 0.1) is 0 Å². The molecule has 1 saturated heterocycles. The van der Waals surface area contributed by atoms with Gasteiger partial charge >= 0.3 is 0 Å². The monoisotopic (exact) mass is 333 g/mol. The van der Waals surface area contributed by atoms with E-state index in [-0.39, 0.29) is 23.3 Å². The van der Waals surface area contributed by atoms with Crippen molar-refractivity contribution in [3.05, 3.63) is 23.9 Å². The van der Waals surface area contributed by atoms with E-state index in [1.54, 1.807) is 6.08 Å². The Kier molecular flexibility index (Phi) is 5.69. The fourth-order valence-corrected chi connectivity index (χ4v) is 2.41. The van der Waals surface area contributed by atoms with E-state index in [1.165, 1.54) is 6.20 Å². The fraction of sp³-hybridized carbons (Fsp3) is 0.467. The van der Waals surface area contributed by atoms with Gasteiger partial charge in [0.2, 0.25) is 11.9 Å². The van der Waals surface area contributed by atoms with E-state index in [0.29, 0.717) is 25.6 Å². The Bertz CT molecular complexity index is 645. The van der Waals surface area contributed by atoms with Gasteiger partial charge in [0, 0.05) is 37.9 Å². The van der Waals surface area contributed by atoms with Crippen LogP contribution in [-0.2, 0) is 4.79 Å². The van der Waals surface area contributed by atoms with Crippen LogP contribution in [0.5, 0.6) is 0 Å². The summed E-state index contributed by atoms with van der Waals surface area (Å²) >= 11 is 0. The van der Waals surface area contributed by atoms with Gasteiger partial charge in [0.05, 0.1) is 5.56 Å². The number of rotatable bonds is 6. The normalized spacial score (nSPS) is 17.6. The van der Waals surface area contributed by atoms with Gasteiger partial charge in [0.25, 0.3) is 5.91 Å². The second-order valence-electron chi connectivity index (χ2n) is 5.94. The molecule has 0 unspecified atom stereocenters. The Morgan fingerprint density at radius 1 is 1.50 bits per heavy atom. The van der Waals surface area contributed by atoms with E-state index in [0.717, 1.165) is 6.42 Å². The van der Waals surface area contributed by atoms with Crippen LogP contribution in [0.2, 0.25) is 0 Å². The predicted octanol–water partition coefficient (Wildman–Crippen LogP) is -1.03. The molecule has 9 nitrogen and oxygen atoms in total. The van der Waals surface area contributed by atoms with Crippen molar-refractivity contribution in [2.45, 2.75) is 12.5 Å². The summed E-state index contributed by atoms with van der Waals surface area (Å²) in [6, 6.07) is 0.0159. The Labute approximate surface area is 140 Å². The molecular formula is C15H23N7O2. The number of nitrogens with two attached hydrogens (primary N) is 2. The quantitative estimate of drug-likeness (QED) is 0.567. The minimum absolute atomic E-state index is 0.0159. The molecule has 1 aromatic heterocycles. The lowest BCUT2D eigenvalue weighted by atomic mass is 10.2. The van der Waals surface area contributed by atoms with Crippen molar-refractivity contribution in [3.8, 4) is 0 Å². The summed E-state index contributed by atoms with van der Waals surface area (Å²) in [4.78, 5) is 35.1. The maximum atomic E-state index is 11.9. The molecule has 0 spiro atoms. The number of likely N-dealkylation sites (N-methyl/N-ethyl adjacent to an activating group) is 1. The van der Waals surface area contributed by atoms with Gasteiger partial charge in [0.15, 0.2) is 0 Å². The SMILES string of the molecule is CN(C)C/C=C/C(=O)N[C@@H]1CCN(c2ncc(C(N)=O)c(N)n2)C1. The van der Waals surface area contributed by atoms with Gasteiger partial charge in [-0.25, -0.2) is 4.98 Å². The average molecular weight is 333 g/mol. The third kappa shape index (κ3) is 4.66. The summed E-state index contributed by atoms with van der Waals surface area (Å²) < 4.78 is 0. The smallest absolute Gasteiger partial charge is 0.254 e. The van der Waals surface area contributed by atoms with Gasteiger partial charge in [-0.05, 0) is 20.5 Å². The molecular weight excluding hydrogens is 310 g/mol. The minimum atomic E-state index is -0.657. The first-order valence-corrected chi connectivity index (χ1v) is 7.66. The maximum Gasteiger partial charge on any atom is 0.254 e. The lowest BCUT2D eigenvalue weighted by Crippen LogP contribution is -2.36. The average Bonchev–Trinajstić information content (AvgIpc) is 2.94. The molecule has 1 aromatic rings. The third-order valence-electron chi connectivity index (χ3n) is 3.63. The van der Waals surface area contributed by atoms with Crippen molar-refractivity contribution in [1.29, 1.82) is 0 Å². The molecule has 2 rings (SSSR count). The van der Waals surface area contributed by atoms with Crippen LogP contribution in [0.15, 0.2) is 18.3 Å². The molecule has 9 heteroatoms. The van der Waals surface area contributed by atoms with E-state index in [1.807, 2.05) is 30.0 Å². The highest BCUT2D eigenvalue weighted by molar-refractivity contribution is 5.96.